The van der Waals surface area contributed by atoms with Crippen molar-refractivity contribution in [3.8, 4) is 11.5 Å². The Hall–Kier alpha value is -1.51. The molecule has 0 aliphatic heterocycles. The smallest absolute Gasteiger partial charge is 0.162 e. The van der Waals surface area contributed by atoms with Crippen molar-refractivity contribution >= 4 is 6.29 Å². The zero-order chi connectivity index (χ0) is 12.5. The van der Waals surface area contributed by atoms with Gasteiger partial charge in [0.15, 0.2) is 11.5 Å². The van der Waals surface area contributed by atoms with Crippen molar-refractivity contribution in [3.05, 3.63) is 23.8 Å². The van der Waals surface area contributed by atoms with Crippen molar-refractivity contribution in [2.75, 3.05) is 7.11 Å². The monoisotopic (exact) mass is 246 g/mol. The summed E-state index contributed by atoms with van der Waals surface area (Å²) in [7, 11) is 1.63. The summed E-state index contributed by atoms with van der Waals surface area (Å²) in [5, 5.41) is 0. The Balaban J connectivity index is 1.80. The van der Waals surface area contributed by atoms with Crippen LogP contribution in [0.3, 0.4) is 0 Å². The first-order valence-electron chi connectivity index (χ1n) is 6.60. The second-order valence-corrected chi connectivity index (χ2v) is 5.36. The van der Waals surface area contributed by atoms with Crippen molar-refractivity contribution in [1.29, 1.82) is 0 Å². The first-order chi connectivity index (χ1) is 8.80. The van der Waals surface area contributed by atoms with E-state index in [0.29, 0.717) is 29.1 Å². The maximum atomic E-state index is 10.8. The zero-order valence-corrected chi connectivity index (χ0v) is 10.6. The maximum absolute atomic E-state index is 10.8. The van der Waals surface area contributed by atoms with Crippen LogP contribution in [0.5, 0.6) is 11.5 Å². The van der Waals surface area contributed by atoms with Gasteiger partial charge in [-0.25, -0.2) is 0 Å². The fourth-order valence-corrected chi connectivity index (χ4v) is 3.35. The standard InChI is InChI=1S/C15H18O3/c1-17-13-5-3-11(9-16)8-15(13)18-14-7-10-2-4-12(14)6-10/h3,5,8-10,12,14H,2,4,6-7H2,1H3. The highest BCUT2D eigenvalue weighted by atomic mass is 16.5. The largest absolute Gasteiger partial charge is 0.493 e. The zero-order valence-electron chi connectivity index (χ0n) is 10.6. The molecule has 2 saturated carbocycles. The van der Waals surface area contributed by atoms with Crippen LogP contribution in [0.25, 0.3) is 0 Å². The van der Waals surface area contributed by atoms with E-state index >= 15 is 0 Å². The summed E-state index contributed by atoms with van der Waals surface area (Å²) in [6.45, 7) is 0. The Morgan fingerprint density at radius 1 is 1.22 bits per heavy atom. The molecule has 0 aromatic heterocycles. The molecule has 0 saturated heterocycles. The van der Waals surface area contributed by atoms with Gasteiger partial charge in [0.25, 0.3) is 0 Å². The lowest BCUT2D eigenvalue weighted by atomic mass is 9.97. The van der Waals surface area contributed by atoms with Crippen LogP contribution in [0.2, 0.25) is 0 Å². The first-order valence-corrected chi connectivity index (χ1v) is 6.60. The number of carbonyl (C=O) groups is 1. The third-order valence-electron chi connectivity index (χ3n) is 4.28. The quantitative estimate of drug-likeness (QED) is 0.766. The molecular formula is C15H18O3. The SMILES string of the molecule is COc1ccc(C=O)cc1OC1CC2CCC1C2. The molecule has 1 aromatic carbocycles. The molecule has 3 atom stereocenters. The fraction of sp³-hybridized carbons (Fsp3) is 0.533. The van der Waals surface area contributed by atoms with Crippen molar-refractivity contribution in [3.63, 3.8) is 0 Å². The summed E-state index contributed by atoms with van der Waals surface area (Å²) in [5.41, 5.74) is 0.633. The summed E-state index contributed by atoms with van der Waals surface area (Å²) in [6, 6.07) is 5.32. The lowest BCUT2D eigenvalue weighted by Crippen LogP contribution is -2.23. The molecule has 2 fully saturated rings. The first kappa shape index (κ1) is 11.6. The van der Waals surface area contributed by atoms with Gasteiger partial charge in [0.05, 0.1) is 7.11 Å². The molecule has 2 aliphatic carbocycles. The van der Waals surface area contributed by atoms with Crippen LogP contribution in [0, 0.1) is 11.8 Å². The highest BCUT2D eigenvalue weighted by Crippen LogP contribution is 2.46. The molecule has 0 amide bonds. The van der Waals surface area contributed by atoms with Gasteiger partial charge in [-0.1, -0.05) is 0 Å². The number of hydrogen-bond acceptors (Lipinski definition) is 3. The summed E-state index contributed by atoms with van der Waals surface area (Å²) in [4.78, 5) is 10.8. The molecule has 2 aliphatic rings. The number of methoxy groups -OCH3 is 1. The molecule has 0 heterocycles. The Bertz CT molecular complexity index is 455. The Morgan fingerprint density at radius 2 is 2.11 bits per heavy atom. The molecule has 3 unspecified atom stereocenters. The molecule has 0 radical (unpaired) electrons. The third kappa shape index (κ3) is 1.98. The van der Waals surface area contributed by atoms with Gasteiger partial charge in [0, 0.05) is 5.56 Å². The Labute approximate surface area is 107 Å². The molecule has 2 bridgehead atoms. The van der Waals surface area contributed by atoms with Crippen molar-refractivity contribution < 1.29 is 14.3 Å². The maximum Gasteiger partial charge on any atom is 0.162 e. The number of ether oxygens (including phenoxy) is 2. The highest BCUT2D eigenvalue weighted by molar-refractivity contribution is 5.76. The van der Waals surface area contributed by atoms with E-state index in [1.807, 2.05) is 0 Å². The summed E-state index contributed by atoms with van der Waals surface area (Å²) in [5.74, 6) is 2.96. The molecule has 0 N–H and O–H groups in total. The molecule has 0 spiro atoms. The van der Waals surface area contributed by atoms with Crippen LogP contribution in [-0.4, -0.2) is 19.5 Å². The molecule has 1 aromatic rings. The van der Waals surface area contributed by atoms with Gasteiger partial charge in [0.2, 0.25) is 0 Å². The number of fused-ring (bicyclic) bond motifs is 2. The number of carbonyl (C=O) groups excluding carboxylic acids is 1. The molecule has 3 heteroatoms. The van der Waals surface area contributed by atoms with Crippen molar-refractivity contribution in [1.82, 2.24) is 0 Å². The van der Waals surface area contributed by atoms with E-state index in [4.69, 9.17) is 9.47 Å². The molecule has 3 nitrogen and oxygen atoms in total. The van der Waals surface area contributed by atoms with E-state index in [-0.39, 0.29) is 0 Å². The molecule has 96 valence electrons. The summed E-state index contributed by atoms with van der Waals surface area (Å²) in [6.07, 6.45) is 6.24. The molecular weight excluding hydrogens is 228 g/mol. The van der Waals surface area contributed by atoms with Gasteiger partial charge in [-0.15, -0.1) is 0 Å². The van der Waals surface area contributed by atoms with E-state index in [1.165, 1.54) is 19.3 Å². The number of benzene rings is 1. The third-order valence-corrected chi connectivity index (χ3v) is 4.28. The van der Waals surface area contributed by atoms with Gasteiger partial charge < -0.3 is 9.47 Å². The fourth-order valence-electron chi connectivity index (χ4n) is 3.35. The minimum atomic E-state index is 0.305. The van der Waals surface area contributed by atoms with Crippen molar-refractivity contribution in [2.24, 2.45) is 11.8 Å². The Morgan fingerprint density at radius 3 is 2.72 bits per heavy atom. The van der Waals surface area contributed by atoms with E-state index in [1.54, 1.807) is 25.3 Å². The predicted molar refractivity (Wildman–Crippen MR) is 68.2 cm³/mol. The van der Waals surface area contributed by atoms with Gasteiger partial charge in [-0.3, -0.25) is 4.79 Å². The van der Waals surface area contributed by atoms with Crippen LogP contribution in [0.15, 0.2) is 18.2 Å². The van der Waals surface area contributed by atoms with Gasteiger partial charge >= 0.3 is 0 Å². The van der Waals surface area contributed by atoms with E-state index < -0.39 is 0 Å². The Kier molecular flexibility index (Phi) is 2.98. The predicted octanol–water partition coefficient (Wildman–Crippen LogP) is 3.08. The second kappa shape index (κ2) is 4.63. The second-order valence-electron chi connectivity index (χ2n) is 5.36. The van der Waals surface area contributed by atoms with Crippen LogP contribution >= 0.6 is 0 Å². The lowest BCUT2D eigenvalue weighted by molar-refractivity contribution is 0.112. The van der Waals surface area contributed by atoms with Crippen molar-refractivity contribution in [2.45, 2.75) is 31.8 Å². The topological polar surface area (TPSA) is 35.5 Å². The minimum absolute atomic E-state index is 0.305. The van der Waals surface area contributed by atoms with Gasteiger partial charge in [-0.2, -0.15) is 0 Å². The van der Waals surface area contributed by atoms with E-state index in [0.717, 1.165) is 18.6 Å². The van der Waals surface area contributed by atoms with E-state index in [2.05, 4.69) is 0 Å². The molecule has 3 rings (SSSR count). The van der Waals surface area contributed by atoms with Crippen LogP contribution < -0.4 is 9.47 Å². The average Bonchev–Trinajstić information content (AvgIpc) is 3.01. The highest BCUT2D eigenvalue weighted by Gasteiger charge is 2.41. The van der Waals surface area contributed by atoms with Crippen LogP contribution in [-0.2, 0) is 0 Å². The minimum Gasteiger partial charge on any atom is -0.493 e. The average molecular weight is 246 g/mol. The number of hydrogen-bond donors (Lipinski definition) is 0. The lowest BCUT2D eigenvalue weighted by Gasteiger charge is -2.24. The van der Waals surface area contributed by atoms with Crippen LogP contribution in [0.1, 0.15) is 36.0 Å². The number of rotatable bonds is 4. The van der Waals surface area contributed by atoms with E-state index in [9.17, 15) is 4.79 Å². The molecule has 18 heavy (non-hydrogen) atoms. The van der Waals surface area contributed by atoms with Gasteiger partial charge in [-0.05, 0) is 55.7 Å². The van der Waals surface area contributed by atoms with Crippen LogP contribution in [0.4, 0.5) is 0 Å². The van der Waals surface area contributed by atoms with Gasteiger partial charge in [0.1, 0.15) is 12.4 Å². The summed E-state index contributed by atoms with van der Waals surface area (Å²) < 4.78 is 11.4. The normalized spacial score (nSPS) is 29.3. The number of aldehydes is 1. The summed E-state index contributed by atoms with van der Waals surface area (Å²) >= 11 is 0.